The van der Waals surface area contributed by atoms with Gasteiger partial charge in [-0.15, -0.1) is 23.1 Å². The highest BCUT2D eigenvalue weighted by molar-refractivity contribution is 9.10. The van der Waals surface area contributed by atoms with Crippen LogP contribution in [0.15, 0.2) is 45.1 Å². The molecule has 2 aromatic rings. The first kappa shape index (κ1) is 15.1. The first-order chi connectivity index (χ1) is 9.20. The van der Waals surface area contributed by atoms with E-state index in [9.17, 15) is 0 Å². The summed E-state index contributed by atoms with van der Waals surface area (Å²) in [5.74, 6) is 1.09. The van der Waals surface area contributed by atoms with E-state index in [0.29, 0.717) is 6.04 Å². The lowest BCUT2D eigenvalue weighted by atomic mass is 10.2. The predicted octanol–water partition coefficient (Wildman–Crippen LogP) is 4.74. The Bertz CT molecular complexity index is 524. The maximum absolute atomic E-state index is 3.61. The van der Waals surface area contributed by atoms with E-state index < -0.39 is 0 Å². The van der Waals surface area contributed by atoms with Crippen LogP contribution < -0.4 is 5.32 Å². The van der Waals surface area contributed by atoms with Gasteiger partial charge in [0.1, 0.15) is 0 Å². The van der Waals surface area contributed by atoms with E-state index in [-0.39, 0.29) is 0 Å². The van der Waals surface area contributed by atoms with Gasteiger partial charge in [-0.3, -0.25) is 0 Å². The van der Waals surface area contributed by atoms with Crippen molar-refractivity contribution in [1.82, 2.24) is 5.32 Å². The molecule has 0 spiro atoms. The molecule has 0 fully saturated rings. The van der Waals surface area contributed by atoms with Gasteiger partial charge in [-0.1, -0.05) is 18.2 Å². The Hall–Kier alpha value is -0.290. The van der Waals surface area contributed by atoms with Crippen molar-refractivity contribution in [2.75, 3.05) is 12.8 Å². The minimum absolute atomic E-state index is 0.500. The topological polar surface area (TPSA) is 12.0 Å². The van der Waals surface area contributed by atoms with Gasteiger partial charge in [-0.2, -0.15) is 0 Å². The van der Waals surface area contributed by atoms with Gasteiger partial charge >= 0.3 is 0 Å². The summed E-state index contributed by atoms with van der Waals surface area (Å²) in [6.07, 6.45) is 1.08. The summed E-state index contributed by atoms with van der Waals surface area (Å²) in [6.45, 7) is 2.17. The van der Waals surface area contributed by atoms with E-state index in [1.54, 1.807) is 0 Å². The summed E-state index contributed by atoms with van der Waals surface area (Å²) >= 11 is 7.36. The molecule has 0 amide bonds. The summed E-state index contributed by atoms with van der Waals surface area (Å²) in [7, 11) is 2.05. The Labute approximate surface area is 131 Å². The number of thiophene rings is 1. The van der Waals surface area contributed by atoms with Crippen molar-refractivity contribution >= 4 is 39.0 Å². The zero-order chi connectivity index (χ0) is 13.7. The molecule has 19 heavy (non-hydrogen) atoms. The molecule has 0 aliphatic rings. The van der Waals surface area contributed by atoms with E-state index in [0.717, 1.165) is 12.2 Å². The fraction of sp³-hybridized carbons (Fsp3) is 0.333. The molecule has 0 radical (unpaired) electrons. The quantitative estimate of drug-likeness (QED) is 0.750. The van der Waals surface area contributed by atoms with Crippen LogP contribution in [0.5, 0.6) is 0 Å². The van der Waals surface area contributed by atoms with Crippen molar-refractivity contribution in [2.24, 2.45) is 0 Å². The zero-order valence-corrected chi connectivity index (χ0v) is 14.4. The van der Waals surface area contributed by atoms with Crippen molar-refractivity contribution in [3.05, 3.63) is 50.6 Å². The van der Waals surface area contributed by atoms with Crippen LogP contribution in [0.3, 0.4) is 0 Å². The predicted molar refractivity (Wildman–Crippen MR) is 90.5 cm³/mol. The minimum atomic E-state index is 0.500. The van der Waals surface area contributed by atoms with Gasteiger partial charge in [-0.25, -0.2) is 0 Å². The third kappa shape index (κ3) is 4.35. The Morgan fingerprint density at radius 2 is 2.11 bits per heavy atom. The SMILES string of the molecule is CNC(CSc1ccccc1C)Cc1sccc1Br. The third-order valence-electron chi connectivity index (χ3n) is 3.06. The lowest BCUT2D eigenvalue weighted by Crippen LogP contribution is -2.29. The van der Waals surface area contributed by atoms with Crippen molar-refractivity contribution < 1.29 is 0 Å². The molecule has 1 N–H and O–H groups in total. The second kappa shape index (κ2) is 7.48. The maximum Gasteiger partial charge on any atom is 0.0314 e. The molecule has 0 saturated carbocycles. The number of benzene rings is 1. The molecule has 4 heteroatoms. The first-order valence-corrected chi connectivity index (χ1v) is 8.94. The van der Waals surface area contributed by atoms with Gasteiger partial charge in [0.15, 0.2) is 0 Å². The molecule has 0 saturated heterocycles. The van der Waals surface area contributed by atoms with Crippen molar-refractivity contribution in [3.8, 4) is 0 Å². The highest BCUT2D eigenvalue weighted by atomic mass is 79.9. The molecule has 0 bridgehead atoms. The van der Waals surface area contributed by atoms with Crippen LogP contribution >= 0.6 is 39.0 Å². The number of likely N-dealkylation sites (N-methyl/N-ethyl adjacent to an activating group) is 1. The molecule has 0 aliphatic heterocycles. The van der Waals surface area contributed by atoms with Crippen molar-refractivity contribution in [3.63, 3.8) is 0 Å². The summed E-state index contributed by atoms with van der Waals surface area (Å²) in [6, 6.07) is 11.2. The second-order valence-corrected chi connectivity index (χ2v) is 7.37. The lowest BCUT2D eigenvalue weighted by Gasteiger charge is -2.16. The monoisotopic (exact) mass is 355 g/mol. The molecule has 1 aromatic carbocycles. The minimum Gasteiger partial charge on any atom is -0.316 e. The summed E-state index contributed by atoms with van der Waals surface area (Å²) < 4.78 is 1.23. The molecule has 1 atom stereocenters. The highest BCUT2D eigenvalue weighted by Crippen LogP contribution is 2.27. The van der Waals surface area contributed by atoms with Gasteiger partial charge in [0.25, 0.3) is 0 Å². The van der Waals surface area contributed by atoms with Crippen molar-refractivity contribution in [2.45, 2.75) is 24.3 Å². The normalized spacial score (nSPS) is 12.6. The molecule has 1 heterocycles. The lowest BCUT2D eigenvalue weighted by molar-refractivity contribution is 0.621. The Morgan fingerprint density at radius 3 is 2.74 bits per heavy atom. The van der Waals surface area contributed by atoms with E-state index in [1.807, 2.05) is 30.1 Å². The number of hydrogen-bond acceptors (Lipinski definition) is 3. The van der Waals surface area contributed by atoms with Crippen LogP contribution in [0.25, 0.3) is 0 Å². The zero-order valence-electron chi connectivity index (χ0n) is 11.2. The molecule has 1 nitrogen and oxygen atoms in total. The smallest absolute Gasteiger partial charge is 0.0314 e. The fourth-order valence-electron chi connectivity index (χ4n) is 1.85. The van der Waals surface area contributed by atoms with Crippen LogP contribution in [0.1, 0.15) is 10.4 Å². The average molecular weight is 356 g/mol. The maximum atomic E-state index is 3.61. The first-order valence-electron chi connectivity index (χ1n) is 6.28. The Kier molecular flexibility index (Phi) is 5.95. The molecular formula is C15H18BrNS2. The molecular weight excluding hydrogens is 338 g/mol. The van der Waals surface area contributed by atoms with Crippen molar-refractivity contribution in [1.29, 1.82) is 0 Å². The third-order valence-corrected chi connectivity index (χ3v) is 6.35. The highest BCUT2D eigenvalue weighted by Gasteiger charge is 2.11. The number of nitrogens with one attached hydrogen (secondary N) is 1. The van der Waals surface area contributed by atoms with Crippen LogP contribution in [0.4, 0.5) is 0 Å². The van der Waals surface area contributed by atoms with Crippen LogP contribution in [0.2, 0.25) is 0 Å². The summed E-state index contributed by atoms with van der Waals surface area (Å²) in [5, 5.41) is 5.56. The molecule has 2 rings (SSSR count). The van der Waals surface area contributed by atoms with Crippen LogP contribution in [-0.4, -0.2) is 18.8 Å². The molecule has 1 unspecified atom stereocenters. The number of halogens is 1. The largest absolute Gasteiger partial charge is 0.316 e. The van der Waals surface area contributed by atoms with E-state index >= 15 is 0 Å². The van der Waals surface area contributed by atoms with Gasteiger partial charge in [0.05, 0.1) is 0 Å². The van der Waals surface area contributed by atoms with Gasteiger partial charge in [-0.05, 0) is 59.4 Å². The van der Waals surface area contributed by atoms with E-state index in [4.69, 9.17) is 0 Å². The average Bonchev–Trinajstić information content (AvgIpc) is 2.81. The summed E-state index contributed by atoms with van der Waals surface area (Å²) in [4.78, 5) is 2.80. The van der Waals surface area contributed by atoms with Gasteiger partial charge in [0, 0.05) is 26.0 Å². The van der Waals surface area contributed by atoms with E-state index in [1.165, 1.54) is 19.8 Å². The molecule has 0 aliphatic carbocycles. The number of aryl methyl sites for hydroxylation is 1. The Balaban J connectivity index is 1.93. The number of thioether (sulfide) groups is 1. The second-order valence-electron chi connectivity index (χ2n) is 4.46. The Morgan fingerprint density at radius 1 is 1.32 bits per heavy atom. The fourth-order valence-corrected chi connectivity index (χ4v) is 4.58. The number of rotatable bonds is 6. The van der Waals surface area contributed by atoms with Crippen LogP contribution in [0, 0.1) is 6.92 Å². The van der Waals surface area contributed by atoms with E-state index in [2.05, 4.69) is 63.9 Å². The summed E-state index contributed by atoms with van der Waals surface area (Å²) in [5.41, 5.74) is 1.36. The van der Waals surface area contributed by atoms with Gasteiger partial charge in [0.2, 0.25) is 0 Å². The van der Waals surface area contributed by atoms with Crippen LogP contribution in [-0.2, 0) is 6.42 Å². The van der Waals surface area contributed by atoms with Gasteiger partial charge < -0.3 is 5.32 Å². The standard InChI is InChI=1S/C15H18BrNS2/c1-11-5-3-4-6-14(11)19-10-12(17-2)9-15-13(16)7-8-18-15/h3-8,12,17H,9-10H2,1-2H3. The number of hydrogen-bond donors (Lipinski definition) is 1. The molecule has 1 aromatic heterocycles. The molecule has 102 valence electrons.